The zero-order chi connectivity index (χ0) is 18.0. The lowest BCUT2D eigenvalue weighted by atomic mass is 10.0. The Morgan fingerprint density at radius 3 is 2.81 bits per heavy atom. The molecule has 4 aromatic heterocycles. The van der Waals surface area contributed by atoms with Gasteiger partial charge in [0.2, 0.25) is 5.91 Å². The molecule has 2 fully saturated rings. The molecule has 0 aliphatic heterocycles. The number of carbonyl (C=O) groups is 1. The molecule has 4 heterocycles. The lowest BCUT2D eigenvalue weighted by Crippen LogP contribution is -2.16. The van der Waals surface area contributed by atoms with Crippen molar-refractivity contribution in [2.45, 2.75) is 31.1 Å². The maximum Gasteiger partial charge on any atom is 0.228 e. The van der Waals surface area contributed by atoms with E-state index in [0.717, 1.165) is 42.8 Å². The van der Waals surface area contributed by atoms with Gasteiger partial charge in [0.1, 0.15) is 5.82 Å². The number of nitrogens with zero attached hydrogens (tertiary/aromatic N) is 6. The van der Waals surface area contributed by atoms with Gasteiger partial charge >= 0.3 is 0 Å². The third-order valence-electron chi connectivity index (χ3n) is 5.50. The average Bonchev–Trinajstić information content (AvgIpc) is 3.60. The van der Waals surface area contributed by atoms with Crippen molar-refractivity contribution in [2.24, 2.45) is 5.92 Å². The second-order valence-electron chi connectivity index (χ2n) is 7.45. The number of pyridine rings is 1. The molecule has 0 atom stereocenters. The number of carbonyl (C=O) groups excluding carboxylic acids is 1. The molecule has 0 radical (unpaired) electrons. The molecule has 0 aromatic carbocycles. The zero-order valence-corrected chi connectivity index (χ0v) is 14.5. The van der Waals surface area contributed by atoms with Gasteiger partial charge in [0, 0.05) is 12.1 Å². The van der Waals surface area contributed by atoms with E-state index in [-0.39, 0.29) is 17.2 Å². The minimum Gasteiger partial charge on any atom is -0.309 e. The summed E-state index contributed by atoms with van der Waals surface area (Å²) < 4.78 is 3.77. The molecule has 0 bridgehead atoms. The average molecular weight is 359 g/mol. The van der Waals surface area contributed by atoms with Crippen molar-refractivity contribution in [3.05, 3.63) is 54.2 Å². The highest BCUT2D eigenvalue weighted by molar-refractivity contribution is 5.93. The summed E-state index contributed by atoms with van der Waals surface area (Å²) in [4.78, 5) is 16.4. The zero-order valence-electron chi connectivity index (χ0n) is 14.5. The lowest BCUT2D eigenvalue weighted by Gasteiger charge is -2.12. The molecule has 1 amide bonds. The van der Waals surface area contributed by atoms with Gasteiger partial charge in [-0.1, -0.05) is 6.07 Å². The standard InChI is InChI=1S/C19H17N7O/c27-17(12-4-5-12)21-14-11-26-15(20-14)7-6-13(24-26)19(8-9-19)18-23-22-16-3-1-2-10-25(16)18/h1-3,6-7,10-12H,4-5,8-9H2,(H,21,27). The fourth-order valence-corrected chi connectivity index (χ4v) is 3.66. The van der Waals surface area contributed by atoms with Gasteiger partial charge in [0.25, 0.3) is 0 Å². The summed E-state index contributed by atoms with van der Waals surface area (Å²) in [6, 6.07) is 9.84. The first-order valence-corrected chi connectivity index (χ1v) is 9.21. The smallest absolute Gasteiger partial charge is 0.228 e. The molecule has 0 spiro atoms. The Kier molecular flexibility index (Phi) is 2.81. The molecule has 1 N–H and O–H groups in total. The maximum atomic E-state index is 12.0. The van der Waals surface area contributed by atoms with E-state index in [0.29, 0.717) is 11.5 Å². The monoisotopic (exact) mass is 359 g/mol. The van der Waals surface area contributed by atoms with Crippen molar-refractivity contribution in [1.82, 2.24) is 29.2 Å². The number of aromatic nitrogens is 6. The summed E-state index contributed by atoms with van der Waals surface area (Å²) in [5.74, 6) is 1.67. The van der Waals surface area contributed by atoms with Crippen LogP contribution in [0.15, 0.2) is 42.7 Å². The van der Waals surface area contributed by atoms with Gasteiger partial charge < -0.3 is 5.32 Å². The number of fused-ring (bicyclic) bond motifs is 2. The molecule has 27 heavy (non-hydrogen) atoms. The van der Waals surface area contributed by atoms with Crippen LogP contribution in [0, 0.1) is 5.92 Å². The predicted octanol–water partition coefficient (Wildman–Crippen LogP) is 2.20. The largest absolute Gasteiger partial charge is 0.309 e. The second-order valence-corrected chi connectivity index (χ2v) is 7.45. The van der Waals surface area contributed by atoms with Gasteiger partial charge in [0.15, 0.2) is 17.1 Å². The van der Waals surface area contributed by atoms with Crippen LogP contribution in [0.3, 0.4) is 0 Å². The van der Waals surface area contributed by atoms with Crippen molar-refractivity contribution < 1.29 is 4.79 Å². The predicted molar refractivity (Wildman–Crippen MR) is 97.3 cm³/mol. The molecule has 8 nitrogen and oxygen atoms in total. The number of hydrogen-bond donors (Lipinski definition) is 1. The highest BCUT2D eigenvalue weighted by Crippen LogP contribution is 2.51. The highest BCUT2D eigenvalue weighted by atomic mass is 16.2. The van der Waals surface area contributed by atoms with Crippen LogP contribution in [-0.2, 0) is 10.2 Å². The summed E-state index contributed by atoms with van der Waals surface area (Å²) in [6.45, 7) is 0. The van der Waals surface area contributed by atoms with E-state index in [2.05, 4.69) is 20.5 Å². The van der Waals surface area contributed by atoms with Crippen LogP contribution in [0.1, 0.15) is 37.2 Å². The number of nitrogens with one attached hydrogen (secondary N) is 1. The van der Waals surface area contributed by atoms with E-state index in [1.807, 2.05) is 40.9 Å². The fourth-order valence-electron chi connectivity index (χ4n) is 3.66. The number of anilines is 1. The van der Waals surface area contributed by atoms with Crippen molar-refractivity contribution >= 4 is 23.0 Å². The Bertz CT molecular complexity index is 1200. The van der Waals surface area contributed by atoms with Crippen molar-refractivity contribution in [2.75, 3.05) is 5.32 Å². The van der Waals surface area contributed by atoms with Gasteiger partial charge in [-0.3, -0.25) is 9.20 Å². The molecule has 2 aliphatic rings. The highest BCUT2D eigenvalue weighted by Gasteiger charge is 2.51. The van der Waals surface area contributed by atoms with E-state index in [1.54, 1.807) is 10.7 Å². The van der Waals surface area contributed by atoms with Crippen molar-refractivity contribution in [3.63, 3.8) is 0 Å². The van der Waals surface area contributed by atoms with Gasteiger partial charge in [0.05, 0.1) is 17.3 Å². The normalized spacial score (nSPS) is 18.1. The number of amides is 1. The van der Waals surface area contributed by atoms with Crippen LogP contribution in [0.25, 0.3) is 11.3 Å². The van der Waals surface area contributed by atoms with Gasteiger partial charge in [-0.2, -0.15) is 5.10 Å². The molecule has 6 rings (SSSR count). The third-order valence-corrected chi connectivity index (χ3v) is 5.50. The third kappa shape index (κ3) is 2.26. The lowest BCUT2D eigenvalue weighted by molar-refractivity contribution is -0.117. The topological polar surface area (TPSA) is 89.5 Å². The summed E-state index contributed by atoms with van der Waals surface area (Å²) in [5, 5.41) is 16.4. The molecule has 0 saturated heterocycles. The van der Waals surface area contributed by atoms with Gasteiger partial charge in [-0.25, -0.2) is 9.50 Å². The summed E-state index contributed by atoms with van der Waals surface area (Å²) >= 11 is 0. The fraction of sp³-hybridized carbons (Fsp3) is 0.316. The van der Waals surface area contributed by atoms with Crippen LogP contribution in [0.5, 0.6) is 0 Å². The first-order chi connectivity index (χ1) is 13.2. The quantitative estimate of drug-likeness (QED) is 0.603. The van der Waals surface area contributed by atoms with E-state index in [4.69, 9.17) is 5.10 Å². The SMILES string of the molecule is O=C(Nc1cn2nc(C3(c4nnc5ccccn45)CC3)ccc2n1)C1CC1. The number of rotatable bonds is 4. The Morgan fingerprint density at radius 2 is 2.00 bits per heavy atom. The Morgan fingerprint density at radius 1 is 1.11 bits per heavy atom. The Hall–Kier alpha value is -3.29. The summed E-state index contributed by atoms with van der Waals surface area (Å²) in [6.07, 6.45) is 7.68. The minimum absolute atomic E-state index is 0.0484. The molecular formula is C19H17N7O. The van der Waals surface area contributed by atoms with E-state index < -0.39 is 0 Å². The van der Waals surface area contributed by atoms with E-state index >= 15 is 0 Å². The molecule has 4 aromatic rings. The molecule has 134 valence electrons. The summed E-state index contributed by atoms with van der Waals surface area (Å²) in [5.41, 5.74) is 2.29. The Labute approximate surface area is 154 Å². The first-order valence-electron chi connectivity index (χ1n) is 9.21. The van der Waals surface area contributed by atoms with Crippen molar-refractivity contribution in [1.29, 1.82) is 0 Å². The molecule has 8 heteroatoms. The number of hydrogen-bond acceptors (Lipinski definition) is 5. The van der Waals surface area contributed by atoms with E-state index in [9.17, 15) is 4.79 Å². The molecule has 0 unspecified atom stereocenters. The van der Waals surface area contributed by atoms with Crippen LogP contribution in [0.2, 0.25) is 0 Å². The first kappa shape index (κ1) is 14.8. The number of imidazole rings is 1. The van der Waals surface area contributed by atoms with E-state index in [1.165, 1.54) is 0 Å². The second kappa shape index (κ2) is 5.12. The maximum absolute atomic E-state index is 12.0. The van der Waals surface area contributed by atoms with Crippen LogP contribution in [-0.4, -0.2) is 35.1 Å². The van der Waals surface area contributed by atoms with Gasteiger partial charge in [-0.15, -0.1) is 10.2 Å². The Balaban J connectivity index is 1.39. The van der Waals surface area contributed by atoms with Gasteiger partial charge in [-0.05, 0) is 49.9 Å². The molecule has 2 aliphatic carbocycles. The minimum atomic E-state index is -0.212. The molecular weight excluding hydrogens is 342 g/mol. The van der Waals surface area contributed by atoms with Crippen LogP contribution < -0.4 is 5.32 Å². The van der Waals surface area contributed by atoms with Crippen molar-refractivity contribution in [3.8, 4) is 0 Å². The molecule has 2 saturated carbocycles. The van der Waals surface area contributed by atoms with Crippen LogP contribution >= 0.6 is 0 Å². The summed E-state index contributed by atoms with van der Waals surface area (Å²) in [7, 11) is 0. The van der Waals surface area contributed by atoms with Crippen LogP contribution in [0.4, 0.5) is 5.82 Å².